The zero-order chi connectivity index (χ0) is 19.5. The van der Waals surface area contributed by atoms with Crippen LogP contribution in [0.5, 0.6) is 0 Å². The number of H-pyrrole nitrogens is 1. The summed E-state index contributed by atoms with van der Waals surface area (Å²) in [6.07, 6.45) is 2.84. The van der Waals surface area contributed by atoms with E-state index in [2.05, 4.69) is 28.1 Å². The van der Waals surface area contributed by atoms with Crippen molar-refractivity contribution in [3.63, 3.8) is 0 Å². The van der Waals surface area contributed by atoms with Crippen LogP contribution in [0.4, 0.5) is 0 Å². The number of likely N-dealkylation sites (tertiary alicyclic amines) is 1. The molecule has 2 heterocycles. The van der Waals surface area contributed by atoms with Gasteiger partial charge in [0.15, 0.2) is 0 Å². The molecule has 2 atom stereocenters. The number of hydrogen-bond donors (Lipinski definition) is 2. The van der Waals surface area contributed by atoms with Gasteiger partial charge in [-0.25, -0.2) is 0 Å². The van der Waals surface area contributed by atoms with Crippen LogP contribution in [-0.4, -0.2) is 58.6 Å². The minimum absolute atomic E-state index is 0.0378. The molecule has 0 bridgehead atoms. The maximum absolute atomic E-state index is 13.2. The highest BCUT2D eigenvalue weighted by Crippen LogP contribution is 2.25. The number of β-amino-alcohol motifs (C(OH)–C–C–N with tert-alkyl or cyclic N) is 1. The first-order valence-electron chi connectivity index (χ1n) is 9.88. The molecule has 1 aliphatic rings. The average Bonchev–Trinajstić information content (AvgIpc) is 3.32. The molecule has 3 aromatic rings. The van der Waals surface area contributed by atoms with Crippen molar-refractivity contribution in [2.45, 2.75) is 25.0 Å². The van der Waals surface area contributed by atoms with Crippen molar-refractivity contribution in [1.29, 1.82) is 0 Å². The standard InChI is InChI=1S/C23H27N3O2/c1-25(23(28)13-18-14-24-21-10-6-5-9-20(18)21)22(17-7-3-2-4-8-17)16-26-12-11-19(27)15-26/h2-10,14,19,22,24,27H,11-13,15-16H2,1H3. The summed E-state index contributed by atoms with van der Waals surface area (Å²) in [7, 11) is 1.89. The first-order valence-corrected chi connectivity index (χ1v) is 9.88. The Morgan fingerprint density at radius 3 is 2.71 bits per heavy atom. The number of aliphatic hydroxyl groups excluding tert-OH is 1. The van der Waals surface area contributed by atoms with Crippen molar-refractivity contribution >= 4 is 16.8 Å². The van der Waals surface area contributed by atoms with Crippen molar-refractivity contribution in [3.05, 3.63) is 71.9 Å². The van der Waals surface area contributed by atoms with Gasteiger partial charge < -0.3 is 15.0 Å². The lowest BCUT2D eigenvalue weighted by Gasteiger charge is -2.32. The van der Waals surface area contributed by atoms with E-state index < -0.39 is 0 Å². The van der Waals surface area contributed by atoms with E-state index in [1.165, 1.54) is 0 Å². The Balaban J connectivity index is 1.54. The molecule has 5 nitrogen and oxygen atoms in total. The number of aromatic nitrogens is 1. The van der Waals surface area contributed by atoms with Crippen LogP contribution in [0.2, 0.25) is 0 Å². The van der Waals surface area contributed by atoms with Crippen molar-refractivity contribution < 1.29 is 9.90 Å². The number of nitrogens with zero attached hydrogens (tertiary/aromatic N) is 2. The van der Waals surface area contributed by atoms with Gasteiger partial charge in [0, 0.05) is 43.8 Å². The fraction of sp³-hybridized carbons (Fsp3) is 0.348. The van der Waals surface area contributed by atoms with E-state index >= 15 is 0 Å². The van der Waals surface area contributed by atoms with Gasteiger partial charge in [-0.05, 0) is 23.6 Å². The smallest absolute Gasteiger partial charge is 0.227 e. The fourth-order valence-electron chi connectivity index (χ4n) is 4.09. The quantitative estimate of drug-likeness (QED) is 0.694. The Kier molecular flexibility index (Phi) is 5.46. The number of carbonyl (C=O) groups excluding carboxylic acids is 1. The maximum Gasteiger partial charge on any atom is 0.227 e. The topological polar surface area (TPSA) is 59.6 Å². The first kappa shape index (κ1) is 18.7. The van der Waals surface area contributed by atoms with Gasteiger partial charge in [-0.2, -0.15) is 0 Å². The SMILES string of the molecule is CN(C(=O)Cc1c[nH]c2ccccc12)C(CN1CCC(O)C1)c1ccccc1. The number of benzene rings is 2. The van der Waals surface area contributed by atoms with Gasteiger partial charge in [-0.3, -0.25) is 9.69 Å². The van der Waals surface area contributed by atoms with Crippen LogP contribution in [0.15, 0.2) is 60.8 Å². The van der Waals surface area contributed by atoms with Gasteiger partial charge >= 0.3 is 0 Å². The van der Waals surface area contributed by atoms with Gasteiger partial charge in [0.05, 0.1) is 18.6 Å². The number of hydrogen-bond acceptors (Lipinski definition) is 3. The van der Waals surface area contributed by atoms with Crippen LogP contribution < -0.4 is 0 Å². The van der Waals surface area contributed by atoms with E-state index in [0.717, 1.165) is 41.5 Å². The molecule has 2 unspecified atom stereocenters. The van der Waals surface area contributed by atoms with E-state index in [4.69, 9.17) is 0 Å². The number of para-hydroxylation sites is 1. The predicted molar refractivity (Wildman–Crippen MR) is 111 cm³/mol. The molecule has 1 aliphatic heterocycles. The molecule has 1 saturated heterocycles. The van der Waals surface area contributed by atoms with Crippen LogP contribution in [0, 0.1) is 0 Å². The van der Waals surface area contributed by atoms with Crippen LogP contribution in [0.3, 0.4) is 0 Å². The predicted octanol–water partition coefficient (Wildman–Crippen LogP) is 2.98. The summed E-state index contributed by atoms with van der Waals surface area (Å²) >= 11 is 0. The number of rotatable bonds is 6. The Morgan fingerprint density at radius 1 is 1.21 bits per heavy atom. The molecule has 1 aromatic heterocycles. The van der Waals surface area contributed by atoms with Crippen LogP contribution in [0.25, 0.3) is 10.9 Å². The highest BCUT2D eigenvalue weighted by Gasteiger charge is 2.28. The molecular formula is C23H27N3O2. The van der Waals surface area contributed by atoms with Gasteiger partial charge in [0.1, 0.15) is 0 Å². The third-order valence-electron chi connectivity index (χ3n) is 5.74. The second-order valence-corrected chi connectivity index (χ2v) is 7.67. The molecule has 1 fully saturated rings. The molecule has 1 amide bonds. The van der Waals surface area contributed by atoms with Crippen molar-refractivity contribution in [3.8, 4) is 0 Å². The molecule has 2 aromatic carbocycles. The lowest BCUT2D eigenvalue weighted by atomic mass is 10.0. The van der Waals surface area contributed by atoms with Gasteiger partial charge in [0.2, 0.25) is 5.91 Å². The van der Waals surface area contributed by atoms with E-state index in [9.17, 15) is 9.90 Å². The number of likely N-dealkylation sites (N-methyl/N-ethyl adjacent to an activating group) is 1. The summed E-state index contributed by atoms with van der Waals surface area (Å²) in [4.78, 5) is 20.5. The minimum atomic E-state index is -0.261. The summed E-state index contributed by atoms with van der Waals surface area (Å²) < 4.78 is 0. The normalized spacial score (nSPS) is 18.4. The third-order valence-corrected chi connectivity index (χ3v) is 5.74. The van der Waals surface area contributed by atoms with E-state index in [-0.39, 0.29) is 18.1 Å². The highest BCUT2D eigenvalue weighted by atomic mass is 16.3. The molecule has 4 rings (SSSR count). The fourth-order valence-corrected chi connectivity index (χ4v) is 4.09. The largest absolute Gasteiger partial charge is 0.392 e. The number of amides is 1. The second kappa shape index (κ2) is 8.17. The average molecular weight is 377 g/mol. The van der Waals surface area contributed by atoms with Crippen molar-refractivity contribution in [1.82, 2.24) is 14.8 Å². The number of aromatic amines is 1. The van der Waals surface area contributed by atoms with Crippen molar-refractivity contribution in [2.75, 3.05) is 26.7 Å². The summed E-state index contributed by atoms with van der Waals surface area (Å²) in [5, 5.41) is 11.0. The summed E-state index contributed by atoms with van der Waals surface area (Å²) in [6, 6.07) is 18.2. The molecule has 146 valence electrons. The Hall–Kier alpha value is -2.63. The lowest BCUT2D eigenvalue weighted by molar-refractivity contribution is -0.131. The number of fused-ring (bicyclic) bond motifs is 1. The van der Waals surface area contributed by atoms with E-state index in [1.54, 1.807) is 0 Å². The lowest BCUT2D eigenvalue weighted by Crippen LogP contribution is -2.39. The van der Waals surface area contributed by atoms with Gasteiger partial charge in [-0.15, -0.1) is 0 Å². The van der Waals surface area contributed by atoms with E-state index in [0.29, 0.717) is 13.0 Å². The zero-order valence-electron chi connectivity index (χ0n) is 16.2. The van der Waals surface area contributed by atoms with E-state index in [1.807, 2.05) is 54.5 Å². The highest BCUT2D eigenvalue weighted by molar-refractivity contribution is 5.89. The molecule has 0 spiro atoms. The van der Waals surface area contributed by atoms with Crippen LogP contribution in [-0.2, 0) is 11.2 Å². The number of aliphatic hydroxyl groups is 1. The summed E-state index contributed by atoms with van der Waals surface area (Å²) in [5.74, 6) is 0.0957. The van der Waals surface area contributed by atoms with Gasteiger partial charge in [-0.1, -0.05) is 48.5 Å². The Morgan fingerprint density at radius 2 is 1.96 bits per heavy atom. The third kappa shape index (κ3) is 3.96. The molecule has 0 radical (unpaired) electrons. The van der Waals surface area contributed by atoms with Gasteiger partial charge in [0.25, 0.3) is 0 Å². The Labute approximate surface area is 165 Å². The number of carbonyl (C=O) groups is 1. The van der Waals surface area contributed by atoms with Crippen LogP contribution in [0.1, 0.15) is 23.6 Å². The molecule has 2 N–H and O–H groups in total. The monoisotopic (exact) mass is 377 g/mol. The Bertz CT molecular complexity index is 937. The zero-order valence-corrected chi connectivity index (χ0v) is 16.2. The minimum Gasteiger partial charge on any atom is -0.392 e. The molecule has 28 heavy (non-hydrogen) atoms. The molecule has 0 aliphatic carbocycles. The van der Waals surface area contributed by atoms with Crippen LogP contribution >= 0.6 is 0 Å². The second-order valence-electron chi connectivity index (χ2n) is 7.67. The molecule has 0 saturated carbocycles. The number of nitrogens with one attached hydrogen (secondary N) is 1. The summed E-state index contributed by atoms with van der Waals surface area (Å²) in [5.41, 5.74) is 3.20. The van der Waals surface area contributed by atoms with Crippen molar-refractivity contribution in [2.24, 2.45) is 0 Å². The summed E-state index contributed by atoms with van der Waals surface area (Å²) in [6.45, 7) is 2.28. The molecular weight excluding hydrogens is 350 g/mol. The maximum atomic E-state index is 13.2. The molecule has 5 heteroatoms. The first-order chi connectivity index (χ1) is 13.6.